The molecule has 1 amide bonds. The number of carbonyl (C=O) groups is 1. The summed E-state index contributed by atoms with van der Waals surface area (Å²) in [4.78, 5) is 12.0. The zero-order valence-corrected chi connectivity index (χ0v) is 11.3. The molecular weight excluding hydrogens is 249 g/mol. The van der Waals surface area contributed by atoms with Gasteiger partial charge in [0.2, 0.25) is 5.91 Å². The molecule has 1 rings (SSSR count). The van der Waals surface area contributed by atoms with Crippen LogP contribution in [0.2, 0.25) is 0 Å². The number of allylic oxidation sites excluding steroid dienone is 1. The average Bonchev–Trinajstić information content (AvgIpc) is 2.37. The van der Waals surface area contributed by atoms with Gasteiger partial charge in [-0.3, -0.25) is 4.79 Å². The van der Waals surface area contributed by atoms with Crippen molar-refractivity contribution in [2.45, 2.75) is 24.7 Å². The molecule has 0 aromatic heterocycles. The van der Waals surface area contributed by atoms with Crippen LogP contribution < -0.4 is 5.32 Å². The fourth-order valence-corrected chi connectivity index (χ4v) is 2.25. The second-order valence-corrected chi connectivity index (χ2v) is 4.87. The fraction of sp³-hybridized carbons (Fsp3) is 0.357. The molecule has 1 N–H and O–H groups in total. The molecule has 0 aliphatic carbocycles. The van der Waals surface area contributed by atoms with Crippen LogP contribution in [0.25, 0.3) is 0 Å². The Morgan fingerprint density at radius 2 is 2.22 bits per heavy atom. The van der Waals surface area contributed by atoms with E-state index in [4.69, 9.17) is 0 Å². The van der Waals surface area contributed by atoms with Crippen molar-refractivity contribution in [1.29, 1.82) is 0 Å². The predicted octanol–water partition coefficient (Wildman–Crippen LogP) is 3.39. The lowest BCUT2D eigenvalue weighted by Crippen LogP contribution is -2.24. The Bertz CT molecular complexity index is 407. The Hall–Kier alpha value is -1.29. The largest absolute Gasteiger partial charge is 0.356 e. The summed E-state index contributed by atoms with van der Waals surface area (Å²) in [6.45, 7) is 2.61. The van der Waals surface area contributed by atoms with E-state index in [-0.39, 0.29) is 11.7 Å². The summed E-state index contributed by atoms with van der Waals surface area (Å²) >= 11 is 1.37. The number of halogens is 1. The normalized spacial score (nSPS) is 10.8. The minimum absolute atomic E-state index is 0.0170. The smallest absolute Gasteiger partial charge is 0.220 e. The van der Waals surface area contributed by atoms with Crippen LogP contribution in [0.4, 0.5) is 4.39 Å². The van der Waals surface area contributed by atoms with E-state index < -0.39 is 0 Å². The van der Waals surface area contributed by atoms with Crippen molar-refractivity contribution in [3.8, 4) is 0 Å². The van der Waals surface area contributed by atoms with E-state index in [2.05, 4.69) is 5.32 Å². The summed E-state index contributed by atoms with van der Waals surface area (Å²) in [7, 11) is 0. The van der Waals surface area contributed by atoms with Gasteiger partial charge in [0.15, 0.2) is 0 Å². The van der Waals surface area contributed by atoms with E-state index in [0.29, 0.717) is 23.6 Å². The lowest BCUT2D eigenvalue weighted by atomic mass is 10.3. The Morgan fingerprint density at radius 3 is 2.94 bits per heavy atom. The van der Waals surface area contributed by atoms with Gasteiger partial charge in [-0.25, -0.2) is 4.39 Å². The monoisotopic (exact) mass is 267 g/mol. The van der Waals surface area contributed by atoms with Crippen LogP contribution in [0.3, 0.4) is 0 Å². The molecule has 98 valence electrons. The molecule has 0 spiro atoms. The molecule has 0 aliphatic rings. The number of rotatable bonds is 7. The molecule has 1 aromatic carbocycles. The van der Waals surface area contributed by atoms with Gasteiger partial charge in [0.1, 0.15) is 5.82 Å². The Morgan fingerprint density at radius 1 is 1.44 bits per heavy atom. The summed E-state index contributed by atoms with van der Waals surface area (Å²) in [5.74, 6) is 0.385. The topological polar surface area (TPSA) is 29.1 Å². The van der Waals surface area contributed by atoms with Gasteiger partial charge in [-0.05, 0) is 25.5 Å². The number of hydrogen-bond donors (Lipinski definition) is 1. The summed E-state index contributed by atoms with van der Waals surface area (Å²) in [6, 6.07) is 6.61. The average molecular weight is 267 g/mol. The lowest BCUT2D eigenvalue weighted by molar-refractivity contribution is -0.120. The molecule has 18 heavy (non-hydrogen) atoms. The van der Waals surface area contributed by atoms with Crippen LogP contribution in [0, 0.1) is 5.82 Å². The maximum Gasteiger partial charge on any atom is 0.220 e. The second-order valence-electron chi connectivity index (χ2n) is 3.74. The Balaban J connectivity index is 2.18. The van der Waals surface area contributed by atoms with Crippen LogP contribution in [0.1, 0.15) is 19.8 Å². The minimum Gasteiger partial charge on any atom is -0.356 e. The number of carbonyl (C=O) groups excluding carboxylic acids is 1. The van der Waals surface area contributed by atoms with Crippen molar-refractivity contribution < 1.29 is 9.18 Å². The summed E-state index contributed by atoms with van der Waals surface area (Å²) < 4.78 is 13.3. The molecule has 4 heteroatoms. The van der Waals surface area contributed by atoms with E-state index in [0.717, 1.165) is 6.42 Å². The molecule has 0 atom stereocenters. The zero-order valence-electron chi connectivity index (χ0n) is 10.5. The van der Waals surface area contributed by atoms with Gasteiger partial charge in [0.05, 0.1) is 0 Å². The van der Waals surface area contributed by atoms with Crippen molar-refractivity contribution in [1.82, 2.24) is 5.32 Å². The van der Waals surface area contributed by atoms with Crippen LogP contribution in [0.15, 0.2) is 41.3 Å². The highest BCUT2D eigenvalue weighted by molar-refractivity contribution is 7.99. The van der Waals surface area contributed by atoms with Gasteiger partial charge >= 0.3 is 0 Å². The van der Waals surface area contributed by atoms with Crippen molar-refractivity contribution >= 4 is 17.7 Å². The maximum atomic E-state index is 13.3. The molecule has 0 saturated heterocycles. The van der Waals surface area contributed by atoms with Gasteiger partial charge < -0.3 is 5.32 Å². The molecule has 0 radical (unpaired) electrons. The SMILES string of the molecule is C/C=C/CCNC(=O)CCSc1ccccc1F. The zero-order chi connectivity index (χ0) is 13.2. The van der Waals surface area contributed by atoms with Crippen molar-refractivity contribution in [3.63, 3.8) is 0 Å². The highest BCUT2D eigenvalue weighted by Crippen LogP contribution is 2.21. The quantitative estimate of drug-likeness (QED) is 0.466. The first-order valence-electron chi connectivity index (χ1n) is 5.99. The fourth-order valence-electron chi connectivity index (χ4n) is 1.37. The molecular formula is C14H18FNOS. The molecule has 2 nitrogen and oxygen atoms in total. The van der Waals surface area contributed by atoms with E-state index in [1.165, 1.54) is 17.8 Å². The lowest BCUT2D eigenvalue weighted by Gasteiger charge is -2.04. The number of nitrogens with one attached hydrogen (secondary N) is 1. The summed E-state index contributed by atoms with van der Waals surface area (Å²) in [5.41, 5.74) is 0. The van der Waals surface area contributed by atoms with Gasteiger partial charge in [-0.1, -0.05) is 24.3 Å². The molecule has 0 saturated carbocycles. The first-order valence-corrected chi connectivity index (χ1v) is 6.97. The number of thioether (sulfide) groups is 1. The molecule has 1 aromatic rings. The van der Waals surface area contributed by atoms with E-state index in [1.807, 2.05) is 19.1 Å². The van der Waals surface area contributed by atoms with Crippen molar-refractivity contribution in [2.75, 3.05) is 12.3 Å². The maximum absolute atomic E-state index is 13.3. The minimum atomic E-state index is -0.226. The van der Waals surface area contributed by atoms with Gasteiger partial charge in [0, 0.05) is 23.6 Å². The van der Waals surface area contributed by atoms with Crippen molar-refractivity contribution in [2.24, 2.45) is 0 Å². The predicted molar refractivity (Wildman–Crippen MR) is 74.2 cm³/mol. The van der Waals surface area contributed by atoms with Gasteiger partial charge in [0.25, 0.3) is 0 Å². The van der Waals surface area contributed by atoms with Gasteiger partial charge in [-0.2, -0.15) is 0 Å². The number of hydrogen-bond acceptors (Lipinski definition) is 2. The molecule has 0 heterocycles. The summed E-state index contributed by atoms with van der Waals surface area (Å²) in [5, 5.41) is 2.82. The third-order valence-corrected chi connectivity index (χ3v) is 3.34. The molecule has 0 aliphatic heterocycles. The highest BCUT2D eigenvalue weighted by Gasteiger charge is 2.04. The first kappa shape index (κ1) is 14.8. The standard InChI is InChI=1S/C14H18FNOS/c1-2-3-6-10-16-14(17)9-11-18-13-8-5-4-7-12(13)15/h2-5,7-8H,6,9-11H2,1H3,(H,16,17)/b3-2+. The van der Waals surface area contributed by atoms with Crippen LogP contribution in [-0.2, 0) is 4.79 Å². The number of amides is 1. The Kier molecular flexibility index (Phi) is 7.18. The van der Waals surface area contributed by atoms with Crippen molar-refractivity contribution in [3.05, 3.63) is 42.2 Å². The van der Waals surface area contributed by atoms with E-state index in [9.17, 15) is 9.18 Å². The van der Waals surface area contributed by atoms with Crippen LogP contribution >= 0.6 is 11.8 Å². The van der Waals surface area contributed by atoms with Crippen LogP contribution in [0.5, 0.6) is 0 Å². The first-order chi connectivity index (χ1) is 8.74. The molecule has 0 fully saturated rings. The Labute approximate surface area is 112 Å². The van der Waals surface area contributed by atoms with Gasteiger partial charge in [-0.15, -0.1) is 11.8 Å². The molecule has 0 unspecified atom stereocenters. The highest BCUT2D eigenvalue weighted by atomic mass is 32.2. The van der Waals surface area contributed by atoms with E-state index >= 15 is 0 Å². The second kappa shape index (κ2) is 8.75. The summed E-state index contributed by atoms with van der Waals surface area (Å²) in [6.07, 6.45) is 5.23. The van der Waals surface area contributed by atoms with E-state index in [1.54, 1.807) is 18.2 Å². The molecule has 0 bridgehead atoms. The third kappa shape index (κ3) is 5.87. The number of benzene rings is 1. The third-order valence-electron chi connectivity index (χ3n) is 2.29. The van der Waals surface area contributed by atoms with Crippen LogP contribution in [-0.4, -0.2) is 18.2 Å².